The number of fused-ring (bicyclic) bond motifs is 1. The minimum Gasteiger partial charge on any atom is -0.293 e. The van der Waals surface area contributed by atoms with E-state index in [-0.39, 0.29) is 23.4 Å². The highest BCUT2D eigenvalue weighted by Crippen LogP contribution is 2.23. The summed E-state index contributed by atoms with van der Waals surface area (Å²) in [6.45, 7) is 0.266. The summed E-state index contributed by atoms with van der Waals surface area (Å²) in [4.78, 5) is 17.0. The molecule has 0 aliphatic heterocycles. The fraction of sp³-hybridized carbons (Fsp3) is 0.0588. The van der Waals surface area contributed by atoms with E-state index in [4.69, 9.17) is 23.2 Å². The summed E-state index contributed by atoms with van der Waals surface area (Å²) in [5.41, 5.74) is 1.44. The highest BCUT2D eigenvalue weighted by molar-refractivity contribution is 6.42. The van der Waals surface area contributed by atoms with Crippen molar-refractivity contribution in [3.05, 3.63) is 80.6 Å². The first-order valence-corrected chi connectivity index (χ1v) is 8.29. The van der Waals surface area contributed by atoms with Crippen molar-refractivity contribution < 1.29 is 4.39 Å². The molecule has 0 atom stereocenters. The Morgan fingerprint density at radius 1 is 1.04 bits per heavy atom. The maximum atomic E-state index is 13.1. The summed E-state index contributed by atoms with van der Waals surface area (Å²) in [5, 5.41) is 8.74. The average molecular weight is 390 g/mol. The van der Waals surface area contributed by atoms with Crippen LogP contribution >= 0.6 is 23.2 Å². The average Bonchev–Trinajstić information content (AvgIpc) is 3.06. The second-order valence-electron chi connectivity index (χ2n) is 5.58. The van der Waals surface area contributed by atoms with E-state index in [2.05, 4.69) is 15.3 Å². The van der Waals surface area contributed by atoms with Crippen LogP contribution < -0.4 is 5.56 Å². The lowest BCUT2D eigenvalue weighted by atomic mass is 10.2. The smallest absolute Gasteiger partial charge is 0.283 e. The van der Waals surface area contributed by atoms with Gasteiger partial charge in [0.1, 0.15) is 12.1 Å². The molecule has 0 bridgehead atoms. The van der Waals surface area contributed by atoms with Crippen molar-refractivity contribution in [3.8, 4) is 5.69 Å². The van der Waals surface area contributed by atoms with E-state index in [9.17, 15) is 9.18 Å². The number of halogens is 3. The molecule has 0 fully saturated rings. The van der Waals surface area contributed by atoms with Crippen molar-refractivity contribution in [2.75, 3.05) is 0 Å². The van der Waals surface area contributed by atoms with Crippen LogP contribution in [0.2, 0.25) is 10.0 Å². The van der Waals surface area contributed by atoms with Gasteiger partial charge in [0.15, 0.2) is 11.2 Å². The summed E-state index contributed by atoms with van der Waals surface area (Å²) in [6.07, 6.45) is 1.41. The summed E-state index contributed by atoms with van der Waals surface area (Å²) in [6, 6.07) is 10.8. The summed E-state index contributed by atoms with van der Waals surface area (Å²) in [7, 11) is 0. The van der Waals surface area contributed by atoms with Crippen molar-refractivity contribution in [1.29, 1.82) is 0 Å². The Balaban J connectivity index is 1.75. The van der Waals surface area contributed by atoms with E-state index >= 15 is 0 Å². The van der Waals surface area contributed by atoms with Crippen LogP contribution in [0, 0.1) is 5.82 Å². The molecule has 130 valence electrons. The van der Waals surface area contributed by atoms with Gasteiger partial charge in [-0.2, -0.15) is 4.68 Å². The quantitative estimate of drug-likeness (QED) is 0.537. The highest BCUT2D eigenvalue weighted by atomic mass is 35.5. The zero-order valence-electron chi connectivity index (χ0n) is 13.1. The highest BCUT2D eigenvalue weighted by Gasteiger charge is 2.13. The van der Waals surface area contributed by atoms with Crippen LogP contribution in [0.25, 0.3) is 16.9 Å². The maximum absolute atomic E-state index is 13.1. The van der Waals surface area contributed by atoms with Crippen LogP contribution in [-0.4, -0.2) is 24.5 Å². The number of hydrogen-bond donors (Lipinski definition) is 0. The number of benzene rings is 2. The Morgan fingerprint density at radius 2 is 1.81 bits per heavy atom. The van der Waals surface area contributed by atoms with Gasteiger partial charge in [-0.3, -0.25) is 9.36 Å². The van der Waals surface area contributed by atoms with Gasteiger partial charge in [-0.25, -0.2) is 9.37 Å². The zero-order chi connectivity index (χ0) is 18.3. The molecule has 0 aliphatic carbocycles. The molecule has 4 aromatic rings. The third kappa shape index (κ3) is 2.95. The largest absolute Gasteiger partial charge is 0.293 e. The van der Waals surface area contributed by atoms with Gasteiger partial charge in [-0.1, -0.05) is 34.5 Å². The molecule has 26 heavy (non-hydrogen) atoms. The number of aromatic nitrogens is 5. The molecule has 0 spiro atoms. The second kappa shape index (κ2) is 6.51. The Morgan fingerprint density at radius 3 is 2.54 bits per heavy atom. The van der Waals surface area contributed by atoms with E-state index < -0.39 is 0 Å². The van der Waals surface area contributed by atoms with Gasteiger partial charge in [-0.15, -0.1) is 5.10 Å². The number of nitrogens with zero attached hydrogens (tertiary/aromatic N) is 5. The third-order valence-corrected chi connectivity index (χ3v) is 4.58. The van der Waals surface area contributed by atoms with Gasteiger partial charge >= 0.3 is 0 Å². The molecule has 2 aromatic heterocycles. The molecule has 0 radical (unpaired) electrons. The molecule has 0 saturated heterocycles. The van der Waals surface area contributed by atoms with Gasteiger partial charge < -0.3 is 0 Å². The fourth-order valence-electron chi connectivity index (χ4n) is 2.55. The van der Waals surface area contributed by atoms with Gasteiger partial charge in [0.2, 0.25) is 0 Å². The van der Waals surface area contributed by atoms with Crippen molar-refractivity contribution >= 4 is 34.4 Å². The van der Waals surface area contributed by atoms with E-state index in [1.54, 1.807) is 18.2 Å². The van der Waals surface area contributed by atoms with E-state index in [1.165, 1.54) is 39.8 Å². The minimum absolute atomic E-state index is 0.122. The van der Waals surface area contributed by atoms with Crippen LogP contribution in [0.3, 0.4) is 0 Å². The molecule has 0 unspecified atom stereocenters. The maximum Gasteiger partial charge on any atom is 0.283 e. The number of hydrogen-bond acceptors (Lipinski definition) is 4. The van der Waals surface area contributed by atoms with Crippen LogP contribution in [0.15, 0.2) is 53.6 Å². The summed E-state index contributed by atoms with van der Waals surface area (Å²) >= 11 is 11.9. The Hall–Kier alpha value is -2.77. The van der Waals surface area contributed by atoms with E-state index in [0.29, 0.717) is 21.4 Å². The predicted molar refractivity (Wildman–Crippen MR) is 96.4 cm³/mol. The number of rotatable bonds is 3. The van der Waals surface area contributed by atoms with Crippen LogP contribution in [0.5, 0.6) is 0 Å². The molecule has 0 N–H and O–H groups in total. The molecule has 0 amide bonds. The molecule has 6 nitrogen and oxygen atoms in total. The van der Waals surface area contributed by atoms with Gasteiger partial charge in [0.05, 0.1) is 22.3 Å². The van der Waals surface area contributed by atoms with Crippen molar-refractivity contribution in [2.45, 2.75) is 6.54 Å². The summed E-state index contributed by atoms with van der Waals surface area (Å²) < 4.78 is 15.9. The molecular weight excluding hydrogens is 380 g/mol. The second-order valence-corrected chi connectivity index (χ2v) is 6.39. The first kappa shape index (κ1) is 16.7. The third-order valence-electron chi connectivity index (χ3n) is 3.84. The van der Waals surface area contributed by atoms with Crippen molar-refractivity contribution in [1.82, 2.24) is 24.5 Å². The SMILES string of the molecule is O=c1c2nnn(-c3ccc(F)cc3)c2ncn1Cc1ccc(Cl)c(Cl)c1. The van der Waals surface area contributed by atoms with Crippen LogP contribution in [0.4, 0.5) is 4.39 Å². The zero-order valence-corrected chi connectivity index (χ0v) is 14.6. The Labute approximate surface area is 156 Å². The normalized spacial score (nSPS) is 11.2. The monoisotopic (exact) mass is 389 g/mol. The molecular formula is C17H10Cl2FN5O. The minimum atomic E-state index is -0.366. The molecule has 0 aliphatic rings. The fourth-order valence-corrected chi connectivity index (χ4v) is 2.87. The molecule has 4 rings (SSSR count). The standard InChI is InChI=1S/C17H10Cl2FN5O/c18-13-6-1-10(7-14(13)19)8-24-9-21-16-15(17(24)26)22-23-25(16)12-4-2-11(20)3-5-12/h1-7,9H,8H2. The van der Waals surface area contributed by atoms with E-state index in [1.807, 2.05) is 0 Å². The molecule has 2 aromatic carbocycles. The predicted octanol–water partition coefficient (Wildman–Crippen LogP) is 3.47. The van der Waals surface area contributed by atoms with E-state index in [0.717, 1.165) is 5.56 Å². The van der Waals surface area contributed by atoms with Crippen molar-refractivity contribution in [2.24, 2.45) is 0 Å². The molecule has 0 saturated carbocycles. The Bertz CT molecular complexity index is 1170. The summed E-state index contributed by atoms with van der Waals surface area (Å²) in [5.74, 6) is -0.366. The topological polar surface area (TPSA) is 65.6 Å². The van der Waals surface area contributed by atoms with Crippen LogP contribution in [-0.2, 0) is 6.54 Å². The Kier molecular flexibility index (Phi) is 4.18. The van der Waals surface area contributed by atoms with Gasteiger partial charge in [0, 0.05) is 0 Å². The van der Waals surface area contributed by atoms with Gasteiger partial charge in [0.25, 0.3) is 5.56 Å². The lowest BCUT2D eigenvalue weighted by Crippen LogP contribution is -2.21. The first-order valence-electron chi connectivity index (χ1n) is 7.53. The van der Waals surface area contributed by atoms with Gasteiger partial charge in [-0.05, 0) is 42.0 Å². The molecule has 9 heteroatoms. The lowest BCUT2D eigenvalue weighted by Gasteiger charge is -2.07. The molecule has 2 heterocycles. The van der Waals surface area contributed by atoms with Crippen molar-refractivity contribution in [3.63, 3.8) is 0 Å². The first-order chi connectivity index (χ1) is 12.5. The lowest BCUT2D eigenvalue weighted by molar-refractivity contribution is 0.627. The van der Waals surface area contributed by atoms with Crippen LogP contribution in [0.1, 0.15) is 5.56 Å².